The van der Waals surface area contributed by atoms with Crippen molar-refractivity contribution in [2.24, 2.45) is 41.4 Å². The van der Waals surface area contributed by atoms with Crippen LogP contribution in [0.3, 0.4) is 0 Å². The zero-order valence-electron chi connectivity index (χ0n) is 59.1. The number of methoxy groups -OCH3 is 3. The zero-order chi connectivity index (χ0) is 65.2. The Morgan fingerprint density at radius 3 is 1.46 bits per heavy atom. The molecule has 0 heterocycles. The molecule has 0 radical (unpaired) electrons. The van der Waals surface area contributed by atoms with E-state index in [0.29, 0.717) is 60.4 Å². The first-order chi connectivity index (χ1) is 41.6. The van der Waals surface area contributed by atoms with Crippen molar-refractivity contribution in [3.8, 4) is 0 Å². The van der Waals surface area contributed by atoms with Gasteiger partial charge in [-0.3, -0.25) is 19.2 Å². The smallest absolute Gasteiger partial charge is 0.305 e. The van der Waals surface area contributed by atoms with Gasteiger partial charge in [-0.05, 0) is 221 Å². The largest absolute Gasteiger partial charge is 0.469 e. The SMILES string of the molecule is CC(C)=CCC/C(C)=C/CC1CCCC1=O.CC(C)=CCC/C(C)=C/CC1CCCC1O.CC/C(C)=C/CC/C(C)=C/CC1CCCC1O.CCCCCC1C(=O)CCC1CC(=O)N(CC)CC.CCCCCC1C(CC(=O)OC)CCC1(OC)OC. The third-order valence-corrected chi connectivity index (χ3v) is 19.6. The van der Waals surface area contributed by atoms with Crippen LogP contribution in [0.15, 0.2) is 69.9 Å². The van der Waals surface area contributed by atoms with Gasteiger partial charge in [0.25, 0.3) is 0 Å². The number of carbonyl (C=O) groups is 4. The molecule has 5 aliphatic rings. The molecular weight excluding hydrogens is 1080 g/mol. The van der Waals surface area contributed by atoms with Gasteiger partial charge < -0.3 is 29.3 Å². The number of aliphatic hydroxyl groups excluding tert-OH is 2. The van der Waals surface area contributed by atoms with Gasteiger partial charge >= 0.3 is 5.97 Å². The molecule has 502 valence electrons. The minimum atomic E-state index is -0.508. The highest BCUT2D eigenvalue weighted by Gasteiger charge is 2.49. The van der Waals surface area contributed by atoms with Crippen LogP contribution in [0.1, 0.15) is 302 Å². The third kappa shape index (κ3) is 34.5. The highest BCUT2D eigenvalue weighted by Crippen LogP contribution is 2.47. The van der Waals surface area contributed by atoms with Crippen LogP contribution in [-0.2, 0) is 33.4 Å². The molecule has 0 aromatic heterocycles. The summed E-state index contributed by atoms with van der Waals surface area (Å²) in [6, 6.07) is 0. The van der Waals surface area contributed by atoms with E-state index in [-0.39, 0.29) is 35.9 Å². The van der Waals surface area contributed by atoms with E-state index in [2.05, 4.69) is 113 Å². The average Bonchev–Trinajstić information content (AvgIpc) is 3.44. The first kappa shape index (κ1) is 81.6. The van der Waals surface area contributed by atoms with Crippen molar-refractivity contribution in [1.82, 2.24) is 4.90 Å². The highest BCUT2D eigenvalue weighted by atomic mass is 16.7. The summed E-state index contributed by atoms with van der Waals surface area (Å²) in [4.78, 5) is 49.0. The predicted molar refractivity (Wildman–Crippen MR) is 366 cm³/mol. The van der Waals surface area contributed by atoms with Crippen LogP contribution in [0.4, 0.5) is 0 Å². The normalized spacial score (nSPS) is 24.4. The number of rotatable bonds is 32. The van der Waals surface area contributed by atoms with E-state index in [9.17, 15) is 29.4 Å². The molecule has 9 unspecified atom stereocenters. The molecule has 9 atom stereocenters. The van der Waals surface area contributed by atoms with Crippen LogP contribution in [-0.4, -0.2) is 91.0 Å². The fraction of sp³-hybridized carbons (Fsp3) is 0.792. The number of hydrogen-bond donors (Lipinski definition) is 2. The lowest BCUT2D eigenvalue weighted by Gasteiger charge is -2.35. The molecule has 1 amide bonds. The van der Waals surface area contributed by atoms with E-state index in [0.717, 1.165) is 148 Å². The summed E-state index contributed by atoms with van der Waals surface area (Å²) in [6.07, 6.45) is 48.4. The summed E-state index contributed by atoms with van der Waals surface area (Å²) in [5, 5.41) is 19.5. The number of Topliss-reactive ketones (excluding diaryl/α,β-unsaturated/α-hetero) is 2. The van der Waals surface area contributed by atoms with Crippen molar-refractivity contribution in [3.63, 3.8) is 0 Å². The van der Waals surface area contributed by atoms with E-state index in [1.54, 1.807) is 14.2 Å². The Bertz CT molecular complexity index is 2080. The molecule has 87 heavy (non-hydrogen) atoms. The maximum Gasteiger partial charge on any atom is 0.305 e. The molecule has 0 aliphatic heterocycles. The van der Waals surface area contributed by atoms with Gasteiger partial charge in [-0.1, -0.05) is 142 Å². The third-order valence-electron chi connectivity index (χ3n) is 19.6. The monoisotopic (exact) mass is 1220 g/mol. The van der Waals surface area contributed by atoms with Gasteiger partial charge in [-0.25, -0.2) is 0 Å². The van der Waals surface area contributed by atoms with Gasteiger partial charge in [0.05, 0.1) is 19.3 Å². The van der Waals surface area contributed by atoms with Gasteiger partial charge in [0.1, 0.15) is 11.6 Å². The topological polar surface area (TPSA) is 140 Å². The second kappa shape index (κ2) is 48.4. The molecule has 10 nitrogen and oxygen atoms in total. The van der Waals surface area contributed by atoms with Gasteiger partial charge in [-0.2, -0.15) is 0 Å². The number of carbonyl (C=O) groups excluding carboxylic acids is 4. The molecule has 0 spiro atoms. The maximum absolute atomic E-state index is 12.2. The number of ether oxygens (including phenoxy) is 3. The van der Waals surface area contributed by atoms with Crippen LogP contribution in [0.2, 0.25) is 0 Å². The number of ketones is 2. The second-order valence-electron chi connectivity index (χ2n) is 27.1. The Morgan fingerprint density at radius 1 is 0.529 bits per heavy atom. The molecule has 0 bridgehead atoms. The molecule has 5 fully saturated rings. The number of hydrogen-bond acceptors (Lipinski definition) is 9. The summed E-state index contributed by atoms with van der Waals surface area (Å²) < 4.78 is 16.1. The van der Waals surface area contributed by atoms with E-state index >= 15 is 0 Å². The molecule has 0 saturated heterocycles. The molecular formula is C77H135NO9. The van der Waals surface area contributed by atoms with Crippen molar-refractivity contribution < 1.29 is 43.6 Å². The number of unbranched alkanes of at least 4 members (excludes halogenated alkanes) is 4. The number of nitrogens with zero attached hydrogens (tertiary/aromatic N) is 1. The van der Waals surface area contributed by atoms with E-state index < -0.39 is 5.79 Å². The standard InChI is InChI=1S/C16H29NO2.C16H28O.C15H28O4.C15H26O.C15H24O/c1-4-7-8-9-14-13(10-11-15(14)18)12-16(19)17(5-2)6-3;1-4-13(2)7-5-8-14(3)11-12-15-9-6-10-16(15)17;1-5-6-7-8-13-12(11-14(16)17-2)9-10-15(13,18-3)19-4;2*1-12(2)6-4-7-13(3)10-11-14-8-5-9-15(14)16/h13-14H,4-12H2,1-3H3;7,11,15-17H,4-6,8-10,12H2,1-3H3;12-13H,5-11H2,1-4H3;6,10,14-16H,4-5,7-9,11H2,1-3H3;6,10,14H,4-5,7-9,11H2,1-3H3/b;13-7+,14-11+;;2*13-10+. The highest BCUT2D eigenvalue weighted by molar-refractivity contribution is 5.85. The summed E-state index contributed by atoms with van der Waals surface area (Å²) in [6.45, 7) is 29.5. The number of amides is 1. The lowest BCUT2D eigenvalue weighted by molar-refractivity contribution is -0.233. The van der Waals surface area contributed by atoms with Gasteiger partial charge in [0.2, 0.25) is 5.91 Å². The summed E-state index contributed by atoms with van der Waals surface area (Å²) in [7, 11) is 4.86. The summed E-state index contributed by atoms with van der Waals surface area (Å²) in [5.74, 6) is 2.91. The molecule has 5 saturated carbocycles. The van der Waals surface area contributed by atoms with Crippen LogP contribution in [0, 0.1) is 41.4 Å². The lowest BCUT2D eigenvalue weighted by atomic mass is 9.85. The van der Waals surface area contributed by atoms with E-state index in [1.165, 1.54) is 98.3 Å². The molecule has 0 aromatic carbocycles. The fourth-order valence-electron chi connectivity index (χ4n) is 13.4. The van der Waals surface area contributed by atoms with Crippen molar-refractivity contribution >= 4 is 23.4 Å². The molecule has 10 heteroatoms. The van der Waals surface area contributed by atoms with Crippen LogP contribution >= 0.6 is 0 Å². The Balaban J connectivity index is 0.000000545. The summed E-state index contributed by atoms with van der Waals surface area (Å²) >= 11 is 0. The number of allylic oxidation sites excluding steroid dienone is 12. The van der Waals surface area contributed by atoms with Crippen molar-refractivity contribution in [2.75, 3.05) is 34.4 Å². The first-order valence-electron chi connectivity index (χ1n) is 35.3. The Morgan fingerprint density at radius 2 is 1.03 bits per heavy atom. The maximum atomic E-state index is 12.2. The Kier molecular flexibility index (Phi) is 45.3. The summed E-state index contributed by atoms with van der Waals surface area (Å²) in [5.41, 5.74) is 8.65. The fourth-order valence-corrected chi connectivity index (χ4v) is 13.4. The van der Waals surface area contributed by atoms with Crippen LogP contribution in [0.5, 0.6) is 0 Å². The first-order valence-corrected chi connectivity index (χ1v) is 35.3. The predicted octanol–water partition coefficient (Wildman–Crippen LogP) is 19.9. The van der Waals surface area contributed by atoms with Gasteiger partial charge in [-0.15, -0.1) is 0 Å². The van der Waals surface area contributed by atoms with E-state index in [4.69, 9.17) is 14.2 Å². The van der Waals surface area contributed by atoms with E-state index in [1.807, 2.05) is 18.7 Å². The van der Waals surface area contributed by atoms with Crippen molar-refractivity contribution in [2.45, 2.75) is 320 Å². The minimum absolute atomic E-state index is 0.0400. The molecule has 2 N–H and O–H groups in total. The molecule has 5 rings (SSSR count). The number of aliphatic hydroxyl groups is 2. The van der Waals surface area contributed by atoms with Crippen molar-refractivity contribution in [3.05, 3.63) is 69.9 Å². The molecule has 5 aliphatic carbocycles. The van der Waals surface area contributed by atoms with Crippen molar-refractivity contribution in [1.29, 1.82) is 0 Å². The Labute approximate surface area is 535 Å². The minimum Gasteiger partial charge on any atom is -0.469 e. The van der Waals surface area contributed by atoms with Gasteiger partial charge in [0.15, 0.2) is 5.79 Å². The zero-order valence-corrected chi connectivity index (χ0v) is 59.1. The molecule has 0 aromatic rings. The Hall–Kier alpha value is -3.44. The number of esters is 1. The average molecular weight is 1220 g/mol. The van der Waals surface area contributed by atoms with Crippen LogP contribution < -0.4 is 0 Å². The second-order valence-corrected chi connectivity index (χ2v) is 27.1. The van der Waals surface area contributed by atoms with Gasteiger partial charge in [0, 0.05) is 77.2 Å². The lowest BCUT2D eigenvalue weighted by Crippen LogP contribution is -2.40. The van der Waals surface area contributed by atoms with Crippen LogP contribution in [0.25, 0.3) is 0 Å². The quantitative estimate of drug-likeness (QED) is 0.0292.